The Bertz CT molecular complexity index is 156. The van der Waals surface area contributed by atoms with Gasteiger partial charge in [0.25, 0.3) is 0 Å². The summed E-state index contributed by atoms with van der Waals surface area (Å²) < 4.78 is 0. The normalized spacial score (nSPS) is 14.1. The Labute approximate surface area is 81.2 Å². The second kappa shape index (κ2) is 6.71. The third-order valence-corrected chi connectivity index (χ3v) is 2.17. The van der Waals surface area contributed by atoms with Gasteiger partial charge in [-0.3, -0.25) is 10.4 Å². The average molecular weight is 186 g/mol. The summed E-state index contributed by atoms with van der Waals surface area (Å²) in [6.45, 7) is 10.1. The zero-order valence-electron chi connectivity index (χ0n) is 9.17. The largest absolute Gasteiger partial charge is 0.340 e. The molecule has 78 valence electrons. The van der Waals surface area contributed by atoms with E-state index in [1.807, 2.05) is 6.92 Å². The average Bonchev–Trinajstić information content (AvgIpc) is 2.17. The summed E-state index contributed by atoms with van der Waals surface area (Å²) in [5, 5.41) is 0. The maximum Gasteiger partial charge on any atom is 0.208 e. The zero-order valence-corrected chi connectivity index (χ0v) is 9.17. The number of nitrogens with two attached hydrogens (primary N) is 1. The summed E-state index contributed by atoms with van der Waals surface area (Å²) in [5.74, 6) is 6.20. The van der Waals surface area contributed by atoms with Crippen molar-refractivity contribution in [2.45, 2.75) is 40.2 Å². The summed E-state index contributed by atoms with van der Waals surface area (Å²) >= 11 is 0. The number of hydrazine groups is 1. The molecule has 0 radical (unpaired) electrons. The second-order valence-corrected chi connectivity index (χ2v) is 2.99. The van der Waals surface area contributed by atoms with E-state index in [9.17, 15) is 0 Å². The van der Waals surface area contributed by atoms with Crippen LogP contribution in [0.4, 0.5) is 0 Å². The Balaban J connectivity index is 4.42. The molecule has 1 unspecified atom stereocenters. The molecule has 0 saturated heterocycles. The molecule has 0 aliphatic heterocycles. The van der Waals surface area contributed by atoms with Crippen molar-refractivity contribution in [2.75, 3.05) is 13.1 Å². The van der Waals surface area contributed by atoms with E-state index in [1.54, 1.807) is 0 Å². The molecule has 0 aromatic heterocycles. The lowest BCUT2D eigenvalue weighted by Crippen LogP contribution is -2.48. The third kappa shape index (κ3) is 3.63. The van der Waals surface area contributed by atoms with Gasteiger partial charge in [-0.05, 0) is 27.2 Å². The Morgan fingerprint density at radius 2 is 2.08 bits per heavy atom. The lowest BCUT2D eigenvalue weighted by Gasteiger charge is -2.29. The lowest BCUT2D eigenvalue weighted by molar-refractivity contribution is 0.325. The minimum absolute atomic E-state index is 0.478. The van der Waals surface area contributed by atoms with Gasteiger partial charge in [-0.25, -0.2) is 5.84 Å². The van der Waals surface area contributed by atoms with Crippen LogP contribution in [0, 0.1) is 0 Å². The molecule has 0 spiro atoms. The van der Waals surface area contributed by atoms with E-state index in [0.717, 1.165) is 25.5 Å². The first-order valence-electron chi connectivity index (χ1n) is 4.98. The van der Waals surface area contributed by atoms with Crippen LogP contribution in [0.15, 0.2) is 4.99 Å². The summed E-state index contributed by atoms with van der Waals surface area (Å²) in [6.07, 6.45) is 1.10. The van der Waals surface area contributed by atoms with Gasteiger partial charge in [0.2, 0.25) is 5.96 Å². The number of hydrogen-bond donors (Lipinski definition) is 2. The molecule has 0 aliphatic carbocycles. The Kier molecular flexibility index (Phi) is 6.32. The number of guanidine groups is 1. The molecule has 0 heterocycles. The van der Waals surface area contributed by atoms with E-state index in [4.69, 9.17) is 5.84 Å². The van der Waals surface area contributed by atoms with Gasteiger partial charge in [0.15, 0.2) is 0 Å². The van der Waals surface area contributed by atoms with Crippen molar-refractivity contribution in [3.8, 4) is 0 Å². The molecule has 0 saturated carbocycles. The van der Waals surface area contributed by atoms with E-state index in [2.05, 4.69) is 36.1 Å². The van der Waals surface area contributed by atoms with Gasteiger partial charge in [-0.1, -0.05) is 6.92 Å². The Hall–Kier alpha value is -0.770. The summed E-state index contributed by atoms with van der Waals surface area (Å²) in [7, 11) is 0. The number of aliphatic imine (C=N–C) groups is 1. The number of hydrogen-bond acceptors (Lipinski definition) is 2. The Morgan fingerprint density at radius 3 is 2.38 bits per heavy atom. The van der Waals surface area contributed by atoms with Crippen LogP contribution in [0.2, 0.25) is 0 Å². The molecule has 0 amide bonds. The molecule has 0 rings (SSSR count). The van der Waals surface area contributed by atoms with Crippen molar-refractivity contribution in [2.24, 2.45) is 10.8 Å². The van der Waals surface area contributed by atoms with Crippen LogP contribution in [0.1, 0.15) is 34.1 Å². The SMILES string of the molecule is CCN=C(NN)N(CC)C(C)CC. The monoisotopic (exact) mass is 186 g/mol. The van der Waals surface area contributed by atoms with Crippen LogP contribution in [0.5, 0.6) is 0 Å². The fourth-order valence-corrected chi connectivity index (χ4v) is 1.26. The van der Waals surface area contributed by atoms with Crippen molar-refractivity contribution in [3.05, 3.63) is 0 Å². The minimum atomic E-state index is 0.478. The topological polar surface area (TPSA) is 53.6 Å². The highest BCUT2D eigenvalue weighted by molar-refractivity contribution is 5.79. The maximum absolute atomic E-state index is 5.41. The fraction of sp³-hybridized carbons (Fsp3) is 0.889. The molecule has 13 heavy (non-hydrogen) atoms. The summed E-state index contributed by atoms with van der Waals surface area (Å²) in [4.78, 5) is 6.46. The first kappa shape index (κ1) is 12.2. The van der Waals surface area contributed by atoms with Gasteiger partial charge >= 0.3 is 0 Å². The first-order valence-corrected chi connectivity index (χ1v) is 4.98. The van der Waals surface area contributed by atoms with Crippen LogP contribution in [-0.4, -0.2) is 30.0 Å². The number of nitrogens with zero attached hydrogens (tertiary/aromatic N) is 2. The van der Waals surface area contributed by atoms with Gasteiger partial charge in [0, 0.05) is 19.1 Å². The minimum Gasteiger partial charge on any atom is -0.340 e. The van der Waals surface area contributed by atoms with Gasteiger partial charge in [0.1, 0.15) is 0 Å². The van der Waals surface area contributed by atoms with Crippen molar-refractivity contribution >= 4 is 5.96 Å². The molecule has 0 aliphatic rings. The molecule has 0 aromatic carbocycles. The molecular formula is C9H22N4. The van der Waals surface area contributed by atoms with Crippen LogP contribution in [0.25, 0.3) is 0 Å². The predicted molar refractivity (Wildman–Crippen MR) is 57.4 cm³/mol. The molecule has 3 N–H and O–H groups in total. The van der Waals surface area contributed by atoms with Gasteiger partial charge in [-0.2, -0.15) is 0 Å². The zero-order chi connectivity index (χ0) is 10.3. The molecule has 4 heteroatoms. The van der Waals surface area contributed by atoms with Gasteiger partial charge in [-0.15, -0.1) is 0 Å². The van der Waals surface area contributed by atoms with Crippen LogP contribution in [-0.2, 0) is 0 Å². The van der Waals surface area contributed by atoms with Crippen molar-refractivity contribution in [3.63, 3.8) is 0 Å². The molecule has 4 nitrogen and oxygen atoms in total. The standard InChI is InChI=1S/C9H22N4/c1-5-8(4)13(7-3)9(12-10)11-6-2/h8H,5-7,10H2,1-4H3,(H,11,12). The van der Waals surface area contributed by atoms with Crippen LogP contribution < -0.4 is 11.3 Å². The highest BCUT2D eigenvalue weighted by atomic mass is 15.4. The quantitative estimate of drug-likeness (QED) is 0.297. The third-order valence-electron chi connectivity index (χ3n) is 2.17. The number of nitrogens with one attached hydrogen (secondary N) is 1. The summed E-state index contributed by atoms with van der Waals surface area (Å²) in [5.41, 5.74) is 2.65. The predicted octanol–water partition coefficient (Wildman–Crippen LogP) is 0.946. The van der Waals surface area contributed by atoms with Gasteiger partial charge < -0.3 is 4.90 Å². The van der Waals surface area contributed by atoms with Crippen molar-refractivity contribution in [1.29, 1.82) is 0 Å². The van der Waals surface area contributed by atoms with E-state index in [-0.39, 0.29) is 0 Å². The fourth-order valence-electron chi connectivity index (χ4n) is 1.26. The second-order valence-electron chi connectivity index (χ2n) is 2.99. The highest BCUT2D eigenvalue weighted by Crippen LogP contribution is 2.02. The Morgan fingerprint density at radius 1 is 1.46 bits per heavy atom. The lowest BCUT2D eigenvalue weighted by atomic mass is 10.2. The molecule has 0 bridgehead atoms. The van der Waals surface area contributed by atoms with Crippen LogP contribution in [0.3, 0.4) is 0 Å². The van der Waals surface area contributed by atoms with E-state index >= 15 is 0 Å². The number of rotatable bonds is 4. The summed E-state index contributed by atoms with van der Waals surface area (Å²) in [6, 6.07) is 0.478. The smallest absolute Gasteiger partial charge is 0.208 e. The molecule has 0 aromatic rings. The first-order chi connectivity index (χ1) is 6.21. The molecular weight excluding hydrogens is 164 g/mol. The van der Waals surface area contributed by atoms with E-state index < -0.39 is 0 Å². The van der Waals surface area contributed by atoms with Crippen LogP contribution >= 0.6 is 0 Å². The van der Waals surface area contributed by atoms with Gasteiger partial charge in [0.05, 0.1) is 0 Å². The van der Waals surface area contributed by atoms with Crippen molar-refractivity contribution in [1.82, 2.24) is 10.3 Å². The molecule has 1 atom stereocenters. The molecule has 0 fully saturated rings. The van der Waals surface area contributed by atoms with E-state index in [1.165, 1.54) is 0 Å². The van der Waals surface area contributed by atoms with E-state index in [0.29, 0.717) is 6.04 Å². The highest BCUT2D eigenvalue weighted by Gasteiger charge is 2.13. The maximum atomic E-state index is 5.41. The van der Waals surface area contributed by atoms with Crippen molar-refractivity contribution < 1.29 is 0 Å².